The van der Waals surface area contributed by atoms with E-state index in [0.29, 0.717) is 25.9 Å². The summed E-state index contributed by atoms with van der Waals surface area (Å²) in [6, 6.07) is 0. The third kappa shape index (κ3) is 5.60. The van der Waals surface area contributed by atoms with Crippen molar-refractivity contribution >= 4 is 17.4 Å². The fraction of sp³-hybridized carbons (Fsp3) is 0.733. The number of alkyl halides is 2. The Balaban J connectivity index is 1.95. The van der Waals surface area contributed by atoms with Gasteiger partial charge in [-0.25, -0.2) is 18.6 Å². The van der Waals surface area contributed by atoms with E-state index < -0.39 is 18.1 Å². The number of hydrogen-bond acceptors (Lipinski definition) is 5. The van der Waals surface area contributed by atoms with Crippen LogP contribution in [0.3, 0.4) is 0 Å². The van der Waals surface area contributed by atoms with E-state index in [1.165, 1.54) is 11.3 Å². The van der Waals surface area contributed by atoms with E-state index in [9.17, 15) is 13.6 Å². The van der Waals surface area contributed by atoms with E-state index in [2.05, 4.69) is 4.98 Å². The summed E-state index contributed by atoms with van der Waals surface area (Å²) < 4.78 is 36.1. The van der Waals surface area contributed by atoms with Crippen LogP contribution in [0, 0.1) is 0 Å². The van der Waals surface area contributed by atoms with E-state index in [-0.39, 0.29) is 11.3 Å². The van der Waals surface area contributed by atoms with Gasteiger partial charge in [0.25, 0.3) is 11.1 Å². The van der Waals surface area contributed by atoms with Gasteiger partial charge in [0.15, 0.2) is 6.61 Å². The fourth-order valence-electron chi connectivity index (χ4n) is 2.10. The number of nitrogens with zero attached hydrogens (tertiary/aromatic N) is 2. The molecule has 5 nitrogen and oxygen atoms in total. The number of aromatic nitrogens is 1. The summed E-state index contributed by atoms with van der Waals surface area (Å²) in [7, 11) is 0. The highest BCUT2D eigenvalue weighted by molar-refractivity contribution is 7.13. The smallest absolute Gasteiger partial charge is 0.410 e. The molecular weight excluding hydrogens is 326 g/mol. The molecule has 0 N–H and O–H groups in total. The number of rotatable bonds is 3. The molecule has 8 heteroatoms. The van der Waals surface area contributed by atoms with Crippen LogP contribution in [0.25, 0.3) is 0 Å². The van der Waals surface area contributed by atoms with Gasteiger partial charge >= 0.3 is 6.09 Å². The second kappa shape index (κ2) is 6.59. The Morgan fingerprint density at radius 1 is 1.26 bits per heavy atom. The molecule has 0 radical (unpaired) electrons. The molecule has 1 aromatic heterocycles. The van der Waals surface area contributed by atoms with Crippen molar-refractivity contribution in [2.75, 3.05) is 19.7 Å². The zero-order valence-corrected chi connectivity index (χ0v) is 14.6. The molecule has 0 bridgehead atoms. The minimum atomic E-state index is -2.88. The van der Waals surface area contributed by atoms with Gasteiger partial charge in [0, 0.05) is 37.7 Å². The highest BCUT2D eigenvalue weighted by Crippen LogP contribution is 2.29. The van der Waals surface area contributed by atoms with Crippen LogP contribution in [-0.4, -0.2) is 47.2 Å². The maximum absolute atomic E-state index is 12.8. The number of hydrogen-bond donors (Lipinski definition) is 0. The summed E-state index contributed by atoms with van der Waals surface area (Å²) >= 11 is 1.27. The highest BCUT2D eigenvalue weighted by Gasteiger charge is 2.27. The van der Waals surface area contributed by atoms with Gasteiger partial charge in [0.2, 0.25) is 0 Å². The van der Waals surface area contributed by atoms with Crippen molar-refractivity contribution in [1.82, 2.24) is 9.88 Å². The van der Waals surface area contributed by atoms with Crippen LogP contribution < -0.4 is 4.74 Å². The molecule has 0 spiro atoms. The molecule has 1 amide bonds. The van der Waals surface area contributed by atoms with Crippen molar-refractivity contribution in [3.8, 4) is 5.19 Å². The van der Waals surface area contributed by atoms with E-state index in [4.69, 9.17) is 9.47 Å². The van der Waals surface area contributed by atoms with Crippen LogP contribution in [0.4, 0.5) is 13.6 Å². The summed E-state index contributed by atoms with van der Waals surface area (Å²) in [5.41, 5.74) is 0.286. The largest absolute Gasteiger partial charge is 0.464 e. The summed E-state index contributed by atoms with van der Waals surface area (Å²) in [6.07, 6.45) is 0.851. The number of thiazole rings is 1. The van der Waals surface area contributed by atoms with Gasteiger partial charge in [0.05, 0.1) is 5.69 Å². The maximum atomic E-state index is 12.8. The molecule has 0 saturated heterocycles. The topological polar surface area (TPSA) is 51.7 Å². The summed E-state index contributed by atoms with van der Waals surface area (Å²) in [6.45, 7) is 6.63. The number of halogens is 2. The first-order valence-electron chi connectivity index (χ1n) is 7.51. The molecule has 23 heavy (non-hydrogen) atoms. The lowest BCUT2D eigenvalue weighted by Gasteiger charge is -2.26. The number of amides is 1. The molecule has 1 aliphatic rings. The number of ether oxygens (including phenoxy) is 2. The Morgan fingerprint density at radius 3 is 2.52 bits per heavy atom. The van der Waals surface area contributed by atoms with E-state index in [1.54, 1.807) is 4.90 Å². The minimum Gasteiger partial charge on any atom is -0.464 e. The fourth-order valence-corrected chi connectivity index (χ4v) is 3.04. The van der Waals surface area contributed by atoms with Crippen LogP contribution in [0.2, 0.25) is 0 Å². The van der Waals surface area contributed by atoms with Crippen LogP contribution in [0.1, 0.15) is 38.3 Å². The molecule has 130 valence electrons. The monoisotopic (exact) mass is 348 g/mol. The highest BCUT2D eigenvalue weighted by atomic mass is 32.1. The average molecular weight is 348 g/mol. The number of carbonyl (C=O) groups is 1. The van der Waals surface area contributed by atoms with Gasteiger partial charge in [-0.15, -0.1) is 0 Å². The normalized spacial score (nSPS) is 15.8. The zero-order chi connectivity index (χ0) is 17.3. The second-order valence-corrected chi connectivity index (χ2v) is 7.72. The predicted molar refractivity (Wildman–Crippen MR) is 83.4 cm³/mol. The Labute approximate surface area is 138 Å². The molecular formula is C15H22F2N2O3S. The molecule has 0 atom stereocenters. The van der Waals surface area contributed by atoms with E-state index in [1.807, 2.05) is 20.8 Å². The number of carbonyl (C=O) groups excluding carboxylic acids is 1. The first-order chi connectivity index (χ1) is 10.5. The zero-order valence-electron chi connectivity index (χ0n) is 13.8. The van der Waals surface area contributed by atoms with Crippen molar-refractivity contribution in [3.63, 3.8) is 0 Å². The lowest BCUT2D eigenvalue weighted by Crippen LogP contribution is -2.38. The Hall–Kier alpha value is -1.44. The van der Waals surface area contributed by atoms with Gasteiger partial charge in [0.1, 0.15) is 5.60 Å². The summed E-state index contributed by atoms with van der Waals surface area (Å²) in [5.74, 6) is -2.88. The van der Waals surface area contributed by atoms with Gasteiger partial charge < -0.3 is 14.4 Å². The number of fused-ring (bicyclic) bond motifs is 1. The quantitative estimate of drug-likeness (QED) is 0.839. The van der Waals surface area contributed by atoms with Gasteiger partial charge in [-0.05, 0) is 20.8 Å². The summed E-state index contributed by atoms with van der Waals surface area (Å²) in [4.78, 5) is 19.0. The molecule has 1 aliphatic heterocycles. The van der Waals surface area contributed by atoms with Crippen LogP contribution in [0.5, 0.6) is 5.19 Å². The van der Waals surface area contributed by atoms with E-state index in [0.717, 1.165) is 17.5 Å². The SMILES string of the molecule is CC(F)(F)COc1nc2c(s1)CCN(C(=O)OC(C)(C)C)CC2. The van der Waals surface area contributed by atoms with Crippen LogP contribution in [0.15, 0.2) is 0 Å². The van der Waals surface area contributed by atoms with Crippen molar-refractivity contribution < 1.29 is 23.0 Å². The Kier molecular flexibility index (Phi) is 5.13. The van der Waals surface area contributed by atoms with Crippen LogP contribution >= 0.6 is 11.3 Å². The first-order valence-corrected chi connectivity index (χ1v) is 8.32. The first kappa shape index (κ1) is 17.9. The molecule has 1 aromatic rings. The van der Waals surface area contributed by atoms with Crippen molar-refractivity contribution in [3.05, 3.63) is 10.6 Å². The maximum Gasteiger partial charge on any atom is 0.410 e. The third-order valence-electron chi connectivity index (χ3n) is 3.09. The molecule has 2 heterocycles. The Bertz CT molecular complexity index is 539. The van der Waals surface area contributed by atoms with Gasteiger partial charge in [-0.3, -0.25) is 0 Å². The van der Waals surface area contributed by atoms with Crippen molar-refractivity contribution in [1.29, 1.82) is 0 Å². The standard InChI is InChI=1S/C15H22F2N2O3S/c1-14(2,3)22-13(20)19-7-5-10-11(6-8-19)23-12(18-10)21-9-15(4,16)17/h5-9H2,1-4H3. The second-order valence-electron chi connectivity index (χ2n) is 6.68. The predicted octanol–water partition coefficient (Wildman–Crippen LogP) is 3.51. The van der Waals surface area contributed by atoms with Crippen molar-refractivity contribution in [2.24, 2.45) is 0 Å². The Morgan fingerprint density at radius 2 is 1.91 bits per heavy atom. The molecule has 0 fully saturated rings. The molecule has 0 unspecified atom stereocenters. The van der Waals surface area contributed by atoms with Crippen molar-refractivity contribution in [2.45, 2.75) is 52.1 Å². The molecule has 2 rings (SSSR count). The van der Waals surface area contributed by atoms with Crippen LogP contribution in [-0.2, 0) is 17.6 Å². The third-order valence-corrected chi connectivity index (χ3v) is 4.16. The molecule has 0 saturated carbocycles. The van der Waals surface area contributed by atoms with E-state index >= 15 is 0 Å². The average Bonchev–Trinajstić information content (AvgIpc) is 2.66. The molecule has 0 aliphatic carbocycles. The van der Waals surface area contributed by atoms with Gasteiger partial charge in [-0.2, -0.15) is 0 Å². The lowest BCUT2D eigenvalue weighted by molar-refractivity contribution is -0.0230. The summed E-state index contributed by atoms with van der Waals surface area (Å²) in [5, 5.41) is 0.266. The minimum absolute atomic E-state index is 0.266. The molecule has 0 aromatic carbocycles. The lowest BCUT2D eigenvalue weighted by atomic mass is 10.2. The van der Waals surface area contributed by atoms with Gasteiger partial charge in [-0.1, -0.05) is 11.3 Å².